The number of rotatable bonds is 4. The number of para-hydroxylation sites is 1. The van der Waals surface area contributed by atoms with E-state index >= 15 is 0 Å². The first-order chi connectivity index (χ1) is 15.1. The Balaban J connectivity index is 1.31. The molecule has 0 spiro atoms. The first-order valence-corrected chi connectivity index (χ1v) is 10.5. The second kappa shape index (κ2) is 6.74. The van der Waals surface area contributed by atoms with E-state index in [9.17, 15) is 14.0 Å². The molecule has 2 aliphatic carbocycles. The maximum Gasteiger partial charge on any atom is 0.254 e. The summed E-state index contributed by atoms with van der Waals surface area (Å²) in [5.41, 5.74) is 2.81. The predicted molar refractivity (Wildman–Crippen MR) is 115 cm³/mol. The zero-order valence-corrected chi connectivity index (χ0v) is 16.7. The third-order valence-electron chi connectivity index (χ3n) is 6.84. The summed E-state index contributed by atoms with van der Waals surface area (Å²) in [5, 5.41) is 6.39. The summed E-state index contributed by atoms with van der Waals surface area (Å²) in [7, 11) is 0. The Morgan fingerprint density at radius 1 is 0.968 bits per heavy atom. The quantitative estimate of drug-likeness (QED) is 0.369. The monoisotopic (exact) mass is 413 g/mol. The molecule has 0 unspecified atom stereocenters. The van der Waals surface area contributed by atoms with Gasteiger partial charge >= 0.3 is 0 Å². The Bertz CT molecular complexity index is 1240. The van der Waals surface area contributed by atoms with E-state index in [1.165, 1.54) is 12.1 Å². The van der Waals surface area contributed by atoms with Crippen molar-refractivity contribution in [3.05, 3.63) is 83.8 Å². The highest BCUT2D eigenvalue weighted by atomic mass is 19.1. The molecule has 4 atom stereocenters. The number of nitrogens with zero attached hydrogens (tertiary/aromatic N) is 3. The molecule has 1 aromatic heterocycles. The number of imide groups is 1. The van der Waals surface area contributed by atoms with E-state index < -0.39 is 0 Å². The molecule has 31 heavy (non-hydrogen) atoms. The van der Waals surface area contributed by atoms with Crippen LogP contribution in [0, 0.1) is 29.5 Å². The zero-order chi connectivity index (χ0) is 21.1. The SMILES string of the molecule is O=C1[C@@H]2[C@H](C(=O)N1/N=C\c1cn(Cc3ccc(F)cc3)c3ccccc13)[C@@H]1C=C[C@H]2C1. The van der Waals surface area contributed by atoms with Crippen LogP contribution >= 0.6 is 0 Å². The molecule has 2 amide bonds. The van der Waals surface area contributed by atoms with Gasteiger partial charge < -0.3 is 4.57 Å². The number of aromatic nitrogens is 1. The molecule has 1 saturated carbocycles. The fourth-order valence-electron chi connectivity index (χ4n) is 5.42. The molecular weight excluding hydrogens is 393 g/mol. The largest absolute Gasteiger partial charge is 0.342 e. The van der Waals surface area contributed by atoms with Crippen LogP contribution in [-0.4, -0.2) is 27.6 Å². The van der Waals surface area contributed by atoms with Gasteiger partial charge in [0, 0.05) is 29.2 Å². The smallest absolute Gasteiger partial charge is 0.254 e. The number of carbonyl (C=O) groups excluding carboxylic acids is 2. The molecule has 2 aromatic carbocycles. The summed E-state index contributed by atoms with van der Waals surface area (Å²) in [6.45, 7) is 0.579. The lowest BCUT2D eigenvalue weighted by Gasteiger charge is -2.13. The van der Waals surface area contributed by atoms with Gasteiger partial charge in [-0.15, -0.1) is 0 Å². The van der Waals surface area contributed by atoms with Crippen LogP contribution in [0.1, 0.15) is 17.5 Å². The van der Waals surface area contributed by atoms with Gasteiger partial charge in [-0.3, -0.25) is 9.59 Å². The molecule has 5 nitrogen and oxygen atoms in total. The van der Waals surface area contributed by atoms with E-state index in [1.54, 1.807) is 18.3 Å². The Morgan fingerprint density at radius 3 is 2.35 bits per heavy atom. The predicted octanol–water partition coefficient (Wildman–Crippen LogP) is 3.97. The number of halogens is 1. The Morgan fingerprint density at radius 2 is 1.65 bits per heavy atom. The summed E-state index contributed by atoms with van der Waals surface area (Å²) in [4.78, 5) is 25.7. The molecule has 2 heterocycles. The maximum absolute atomic E-state index is 13.2. The normalized spacial score (nSPS) is 26.7. The minimum atomic E-state index is -0.262. The third-order valence-corrected chi connectivity index (χ3v) is 6.84. The molecule has 1 saturated heterocycles. The molecule has 2 bridgehead atoms. The molecule has 0 N–H and O–H groups in total. The molecule has 0 radical (unpaired) electrons. The molecule has 154 valence electrons. The molecule has 2 fully saturated rings. The summed E-state index contributed by atoms with van der Waals surface area (Å²) in [6.07, 6.45) is 8.62. The standard InChI is InChI=1S/C25H20FN3O2/c26-19-9-5-15(6-10-19)13-28-14-18(20-3-1-2-4-21(20)28)12-27-29-24(30)22-16-7-8-17(11-16)23(22)25(29)31/h1-10,12,14,16-17,22-23H,11,13H2/b27-12-/t16-,17+,22-,23+. The van der Waals surface area contributed by atoms with Gasteiger partial charge in [-0.05, 0) is 42.0 Å². The van der Waals surface area contributed by atoms with Crippen molar-refractivity contribution >= 4 is 28.9 Å². The van der Waals surface area contributed by atoms with Crippen molar-refractivity contribution in [2.75, 3.05) is 0 Å². The fourth-order valence-corrected chi connectivity index (χ4v) is 5.42. The number of benzene rings is 2. The molecule has 6 heteroatoms. The van der Waals surface area contributed by atoms with Gasteiger partial charge in [-0.1, -0.05) is 42.5 Å². The fraction of sp³-hybridized carbons (Fsp3) is 0.240. The van der Waals surface area contributed by atoms with E-state index in [0.29, 0.717) is 6.54 Å². The zero-order valence-electron chi connectivity index (χ0n) is 16.7. The van der Waals surface area contributed by atoms with Gasteiger partial charge in [0.1, 0.15) is 5.82 Å². The first-order valence-electron chi connectivity index (χ1n) is 10.5. The molecule has 3 aliphatic rings. The van der Waals surface area contributed by atoms with Crippen LogP contribution in [0.3, 0.4) is 0 Å². The molecule has 3 aromatic rings. The second-order valence-corrected chi connectivity index (χ2v) is 8.59. The van der Waals surface area contributed by atoms with Crippen molar-refractivity contribution in [1.82, 2.24) is 9.58 Å². The number of hydrazone groups is 1. The van der Waals surface area contributed by atoms with E-state index in [4.69, 9.17) is 0 Å². The van der Waals surface area contributed by atoms with Crippen molar-refractivity contribution in [1.29, 1.82) is 0 Å². The lowest BCUT2D eigenvalue weighted by Crippen LogP contribution is -2.28. The Labute approximate surface area is 178 Å². The average molecular weight is 413 g/mol. The van der Waals surface area contributed by atoms with E-state index in [0.717, 1.165) is 33.5 Å². The number of allylic oxidation sites excluding steroid dienone is 2. The number of hydrogen-bond acceptors (Lipinski definition) is 3. The van der Waals surface area contributed by atoms with Crippen LogP contribution in [0.2, 0.25) is 0 Å². The van der Waals surface area contributed by atoms with Gasteiger partial charge in [-0.25, -0.2) is 4.39 Å². The van der Waals surface area contributed by atoms with Crippen molar-refractivity contribution in [2.45, 2.75) is 13.0 Å². The Kier molecular flexibility index (Phi) is 3.96. The number of fused-ring (bicyclic) bond motifs is 6. The molecule has 1 aliphatic heterocycles. The average Bonchev–Trinajstić information content (AvgIpc) is 3.53. The topological polar surface area (TPSA) is 54.7 Å². The first kappa shape index (κ1) is 18.2. The van der Waals surface area contributed by atoms with Crippen molar-refractivity contribution < 1.29 is 14.0 Å². The van der Waals surface area contributed by atoms with Gasteiger partial charge in [0.25, 0.3) is 11.8 Å². The van der Waals surface area contributed by atoms with Crippen LogP contribution in [-0.2, 0) is 16.1 Å². The summed E-state index contributed by atoms with van der Waals surface area (Å²) in [5.74, 6) is -0.786. The Hall–Kier alpha value is -3.54. The number of amides is 2. The van der Waals surface area contributed by atoms with Gasteiger partial charge in [0.2, 0.25) is 0 Å². The van der Waals surface area contributed by atoms with Crippen LogP contribution in [0.4, 0.5) is 4.39 Å². The van der Waals surface area contributed by atoms with Crippen molar-refractivity contribution in [3.8, 4) is 0 Å². The van der Waals surface area contributed by atoms with Gasteiger partial charge in [0.05, 0.1) is 18.1 Å². The van der Waals surface area contributed by atoms with Gasteiger partial charge in [-0.2, -0.15) is 10.1 Å². The number of hydrogen-bond donors (Lipinski definition) is 0. The number of carbonyl (C=O) groups is 2. The van der Waals surface area contributed by atoms with Crippen molar-refractivity contribution in [2.24, 2.45) is 28.8 Å². The highest BCUT2D eigenvalue weighted by Gasteiger charge is 2.59. The molecule has 6 rings (SSSR count). The van der Waals surface area contributed by atoms with E-state index in [-0.39, 0.29) is 41.3 Å². The van der Waals surface area contributed by atoms with E-state index in [1.807, 2.05) is 30.5 Å². The highest BCUT2D eigenvalue weighted by Crippen LogP contribution is 2.52. The van der Waals surface area contributed by atoms with E-state index in [2.05, 4.69) is 21.8 Å². The van der Waals surface area contributed by atoms with Gasteiger partial charge in [0.15, 0.2) is 0 Å². The van der Waals surface area contributed by atoms with Crippen LogP contribution in [0.25, 0.3) is 10.9 Å². The summed E-state index contributed by atoms with van der Waals surface area (Å²) >= 11 is 0. The minimum Gasteiger partial charge on any atom is -0.342 e. The minimum absolute atomic E-state index is 0.171. The van der Waals surface area contributed by atoms with Crippen molar-refractivity contribution in [3.63, 3.8) is 0 Å². The lowest BCUT2D eigenvalue weighted by molar-refractivity contribution is -0.140. The highest BCUT2D eigenvalue weighted by molar-refractivity contribution is 6.07. The molecular formula is C25H20FN3O2. The lowest BCUT2D eigenvalue weighted by atomic mass is 9.85. The third kappa shape index (κ3) is 2.78. The van der Waals surface area contributed by atoms with Crippen LogP contribution < -0.4 is 0 Å². The second-order valence-electron chi connectivity index (χ2n) is 8.59. The summed E-state index contributed by atoms with van der Waals surface area (Å²) in [6, 6.07) is 14.3. The van der Waals surface area contributed by atoms with Crippen LogP contribution in [0.15, 0.2) is 72.0 Å². The van der Waals surface area contributed by atoms with Crippen LogP contribution in [0.5, 0.6) is 0 Å². The summed E-state index contributed by atoms with van der Waals surface area (Å²) < 4.78 is 15.3. The maximum atomic E-state index is 13.2.